The Labute approximate surface area is 177 Å². The Morgan fingerprint density at radius 2 is 1.10 bits per heavy atom. The van der Waals surface area contributed by atoms with Crippen molar-refractivity contribution in [3.05, 3.63) is 33.9 Å². The molecule has 4 heteroatoms. The lowest BCUT2D eigenvalue weighted by Crippen LogP contribution is -2.19. The maximum atomic E-state index is 12.8. The first-order valence-electron chi connectivity index (χ1n) is 11.4. The van der Waals surface area contributed by atoms with E-state index >= 15 is 0 Å². The maximum absolute atomic E-state index is 12.8. The maximum Gasteiger partial charge on any atom is 0.339 e. The molecule has 0 aromatic heterocycles. The van der Waals surface area contributed by atoms with Gasteiger partial charge in [-0.05, 0) is 55.2 Å². The number of unbranched alkanes of at least 4 members (excludes halogenated alkanes) is 6. The van der Waals surface area contributed by atoms with Crippen LogP contribution in [0, 0.1) is 0 Å². The molecule has 0 radical (unpaired) electrons. The van der Waals surface area contributed by atoms with Crippen molar-refractivity contribution in [1.29, 1.82) is 0 Å². The van der Waals surface area contributed by atoms with Crippen LogP contribution >= 0.6 is 0 Å². The molecule has 0 aliphatic carbocycles. The summed E-state index contributed by atoms with van der Waals surface area (Å²) in [7, 11) is 2.77. The van der Waals surface area contributed by atoms with Gasteiger partial charge in [0.25, 0.3) is 0 Å². The van der Waals surface area contributed by atoms with Gasteiger partial charge in [0.15, 0.2) is 0 Å². The van der Waals surface area contributed by atoms with Crippen molar-refractivity contribution in [2.45, 2.75) is 97.8 Å². The molecule has 0 N–H and O–H groups in total. The predicted molar refractivity (Wildman–Crippen MR) is 119 cm³/mol. The molecule has 0 atom stereocenters. The molecular weight excluding hydrogens is 364 g/mol. The normalized spacial score (nSPS) is 10.8. The number of ether oxygens (including phenoxy) is 2. The summed E-state index contributed by atoms with van der Waals surface area (Å²) in [6.45, 7) is 6.52. The molecule has 29 heavy (non-hydrogen) atoms. The molecule has 1 aromatic rings. The first kappa shape index (κ1) is 25.2. The van der Waals surface area contributed by atoms with Crippen LogP contribution in [-0.4, -0.2) is 26.2 Å². The minimum absolute atomic E-state index is 0.418. The fourth-order valence-electron chi connectivity index (χ4n) is 3.89. The molecule has 4 nitrogen and oxygen atoms in total. The second-order valence-corrected chi connectivity index (χ2v) is 7.78. The highest BCUT2D eigenvalue weighted by molar-refractivity contribution is 6.05. The van der Waals surface area contributed by atoms with Crippen molar-refractivity contribution < 1.29 is 19.1 Å². The van der Waals surface area contributed by atoms with Gasteiger partial charge in [0.1, 0.15) is 0 Å². The Kier molecular flexibility index (Phi) is 12.3. The van der Waals surface area contributed by atoms with Gasteiger partial charge in [0, 0.05) is 0 Å². The average molecular weight is 405 g/mol. The highest BCUT2D eigenvalue weighted by atomic mass is 16.5. The molecule has 0 fully saturated rings. The van der Waals surface area contributed by atoms with Crippen molar-refractivity contribution >= 4 is 11.9 Å². The van der Waals surface area contributed by atoms with Gasteiger partial charge in [-0.1, -0.05) is 65.4 Å². The molecule has 0 heterocycles. The van der Waals surface area contributed by atoms with Crippen LogP contribution in [0.2, 0.25) is 0 Å². The van der Waals surface area contributed by atoms with E-state index in [9.17, 15) is 9.59 Å². The number of aryl methyl sites for hydroxylation is 2. The van der Waals surface area contributed by atoms with Crippen LogP contribution in [0.1, 0.15) is 116 Å². The third-order valence-corrected chi connectivity index (χ3v) is 5.52. The first-order chi connectivity index (χ1) is 14.0. The lowest BCUT2D eigenvalue weighted by atomic mass is 9.85. The summed E-state index contributed by atoms with van der Waals surface area (Å²) < 4.78 is 10.2. The third kappa shape index (κ3) is 7.49. The van der Waals surface area contributed by atoms with Gasteiger partial charge in [-0.3, -0.25) is 0 Å². The zero-order chi connectivity index (χ0) is 21.6. The average Bonchev–Trinajstić information content (AvgIpc) is 2.73. The molecular formula is C25H40O4. The lowest BCUT2D eigenvalue weighted by Gasteiger charge is -2.20. The molecule has 1 rings (SSSR count). The summed E-state index contributed by atoms with van der Waals surface area (Å²) in [6, 6.07) is 2.17. The van der Waals surface area contributed by atoms with Crippen LogP contribution < -0.4 is 0 Å². The Morgan fingerprint density at radius 3 is 1.59 bits per heavy atom. The summed E-state index contributed by atoms with van der Waals surface area (Å²) in [5, 5.41) is 0. The van der Waals surface area contributed by atoms with Gasteiger partial charge >= 0.3 is 11.9 Å². The molecule has 0 bridgehead atoms. The largest absolute Gasteiger partial charge is 0.465 e. The van der Waals surface area contributed by atoms with E-state index in [1.807, 2.05) is 0 Å². The second kappa shape index (κ2) is 14.2. The molecule has 0 amide bonds. The van der Waals surface area contributed by atoms with E-state index in [-0.39, 0.29) is 0 Å². The fraction of sp³-hybridized carbons (Fsp3) is 0.680. The highest BCUT2D eigenvalue weighted by Crippen LogP contribution is 2.30. The Hall–Kier alpha value is -1.84. The van der Waals surface area contributed by atoms with Gasteiger partial charge in [-0.2, -0.15) is 0 Å². The summed E-state index contributed by atoms with van der Waals surface area (Å²) in [5.41, 5.74) is 3.98. The van der Waals surface area contributed by atoms with Crippen LogP contribution in [0.15, 0.2) is 6.07 Å². The van der Waals surface area contributed by atoms with Crippen LogP contribution in [0.3, 0.4) is 0 Å². The minimum Gasteiger partial charge on any atom is -0.465 e. The number of rotatable bonds is 14. The smallest absolute Gasteiger partial charge is 0.339 e. The number of hydrogen-bond donors (Lipinski definition) is 0. The van der Waals surface area contributed by atoms with Gasteiger partial charge in [0.05, 0.1) is 25.3 Å². The van der Waals surface area contributed by atoms with Crippen LogP contribution in [0.4, 0.5) is 0 Å². The van der Waals surface area contributed by atoms with Crippen molar-refractivity contribution in [3.8, 4) is 0 Å². The SMILES string of the molecule is CCCCCc1cc(CCCCC)c(C(=O)OC)c(C(=O)OC)c1CCCCC. The zero-order valence-corrected chi connectivity index (χ0v) is 19.2. The molecule has 0 saturated carbocycles. The summed E-state index contributed by atoms with van der Waals surface area (Å²) in [5.74, 6) is -0.861. The monoisotopic (exact) mass is 404 g/mol. The van der Waals surface area contributed by atoms with Gasteiger partial charge in [-0.25, -0.2) is 9.59 Å². The molecule has 164 valence electrons. The van der Waals surface area contributed by atoms with Crippen LogP contribution in [-0.2, 0) is 28.7 Å². The van der Waals surface area contributed by atoms with Crippen molar-refractivity contribution in [2.75, 3.05) is 14.2 Å². The van der Waals surface area contributed by atoms with E-state index in [0.717, 1.165) is 88.2 Å². The predicted octanol–water partition coefficient (Wildman–Crippen LogP) is 6.46. The first-order valence-corrected chi connectivity index (χ1v) is 11.4. The number of benzene rings is 1. The molecule has 0 unspecified atom stereocenters. The summed E-state index contributed by atoms with van der Waals surface area (Å²) in [6.07, 6.45) is 12.3. The van der Waals surface area contributed by atoms with E-state index in [0.29, 0.717) is 11.1 Å². The standard InChI is InChI=1S/C25H40O4/c1-6-9-12-15-19-18-20(16-13-10-7-2)22(24(26)28-4)23(25(27)29-5)21(19)17-14-11-8-3/h18H,6-17H2,1-5H3. The number of carbonyl (C=O) groups excluding carboxylic acids is 2. The van der Waals surface area contributed by atoms with Crippen molar-refractivity contribution in [3.63, 3.8) is 0 Å². The Balaban J connectivity index is 3.59. The van der Waals surface area contributed by atoms with Gasteiger partial charge in [0.2, 0.25) is 0 Å². The van der Waals surface area contributed by atoms with E-state index in [2.05, 4.69) is 26.8 Å². The number of methoxy groups -OCH3 is 2. The van der Waals surface area contributed by atoms with Crippen LogP contribution in [0.25, 0.3) is 0 Å². The van der Waals surface area contributed by atoms with Crippen molar-refractivity contribution in [2.24, 2.45) is 0 Å². The number of esters is 2. The quantitative estimate of drug-likeness (QED) is 0.264. The fourth-order valence-corrected chi connectivity index (χ4v) is 3.89. The Bertz CT molecular complexity index is 649. The van der Waals surface area contributed by atoms with Gasteiger partial charge < -0.3 is 9.47 Å². The Morgan fingerprint density at radius 1 is 0.655 bits per heavy atom. The zero-order valence-electron chi connectivity index (χ0n) is 19.2. The van der Waals surface area contributed by atoms with E-state index < -0.39 is 11.9 Å². The van der Waals surface area contributed by atoms with Gasteiger partial charge in [-0.15, -0.1) is 0 Å². The summed E-state index contributed by atoms with van der Waals surface area (Å²) >= 11 is 0. The minimum atomic E-state index is -0.436. The summed E-state index contributed by atoms with van der Waals surface area (Å²) in [4.78, 5) is 25.6. The van der Waals surface area contributed by atoms with E-state index in [1.54, 1.807) is 0 Å². The molecule has 0 aliphatic rings. The molecule has 0 saturated heterocycles. The van der Waals surface area contributed by atoms with E-state index in [4.69, 9.17) is 9.47 Å². The molecule has 1 aromatic carbocycles. The number of hydrogen-bond acceptors (Lipinski definition) is 4. The molecule has 0 spiro atoms. The third-order valence-electron chi connectivity index (χ3n) is 5.52. The van der Waals surface area contributed by atoms with E-state index in [1.165, 1.54) is 19.8 Å². The number of carbonyl (C=O) groups is 2. The second-order valence-electron chi connectivity index (χ2n) is 7.78. The van der Waals surface area contributed by atoms with Crippen molar-refractivity contribution in [1.82, 2.24) is 0 Å². The van der Waals surface area contributed by atoms with Crippen LogP contribution in [0.5, 0.6) is 0 Å². The highest BCUT2D eigenvalue weighted by Gasteiger charge is 2.27. The topological polar surface area (TPSA) is 52.6 Å². The molecule has 0 aliphatic heterocycles. The lowest BCUT2D eigenvalue weighted by molar-refractivity contribution is 0.0553.